The van der Waals surface area contributed by atoms with Crippen LogP contribution in [-0.2, 0) is 6.54 Å². The van der Waals surface area contributed by atoms with Gasteiger partial charge in [0.25, 0.3) is 0 Å². The minimum Gasteiger partial charge on any atom is -0.336 e. The van der Waals surface area contributed by atoms with Crippen molar-refractivity contribution in [3.8, 4) is 0 Å². The fourth-order valence-corrected chi connectivity index (χ4v) is 2.79. The number of benzene rings is 2. The standard InChI is InChI=1S/C14H13BrN2O/c15-13-3-1-2-11-8-10(4-5-12(11)13)9-17-7-6-16-14(17)18/h1-5,8H,6-7,9H2,(H,16,18). The van der Waals surface area contributed by atoms with Gasteiger partial charge in [-0.05, 0) is 28.5 Å². The van der Waals surface area contributed by atoms with Crippen LogP contribution in [0.1, 0.15) is 5.56 Å². The third-order valence-corrected chi connectivity index (χ3v) is 3.90. The van der Waals surface area contributed by atoms with E-state index in [4.69, 9.17) is 0 Å². The van der Waals surface area contributed by atoms with Crippen LogP contribution < -0.4 is 5.32 Å². The van der Waals surface area contributed by atoms with Crippen molar-refractivity contribution in [3.63, 3.8) is 0 Å². The van der Waals surface area contributed by atoms with Gasteiger partial charge >= 0.3 is 6.03 Å². The lowest BCUT2D eigenvalue weighted by Gasteiger charge is -2.14. The molecule has 2 aromatic carbocycles. The zero-order valence-corrected chi connectivity index (χ0v) is 11.4. The molecule has 3 nitrogen and oxygen atoms in total. The highest BCUT2D eigenvalue weighted by Gasteiger charge is 2.19. The molecule has 0 aromatic heterocycles. The molecule has 3 rings (SSSR count). The van der Waals surface area contributed by atoms with Crippen LogP contribution in [0.2, 0.25) is 0 Å². The predicted octanol–water partition coefficient (Wildman–Crippen LogP) is 3.13. The van der Waals surface area contributed by atoms with Gasteiger partial charge in [0.05, 0.1) is 0 Å². The first-order valence-electron chi connectivity index (χ1n) is 5.94. The first-order chi connectivity index (χ1) is 8.74. The second kappa shape index (κ2) is 4.61. The molecule has 1 fully saturated rings. The van der Waals surface area contributed by atoms with Crippen molar-refractivity contribution in [2.24, 2.45) is 0 Å². The van der Waals surface area contributed by atoms with Crippen molar-refractivity contribution < 1.29 is 4.79 Å². The first-order valence-corrected chi connectivity index (χ1v) is 6.73. The van der Waals surface area contributed by atoms with Gasteiger partial charge < -0.3 is 10.2 Å². The van der Waals surface area contributed by atoms with Crippen LogP contribution in [0.5, 0.6) is 0 Å². The summed E-state index contributed by atoms with van der Waals surface area (Å²) in [4.78, 5) is 13.3. The van der Waals surface area contributed by atoms with Crippen molar-refractivity contribution in [1.82, 2.24) is 10.2 Å². The van der Waals surface area contributed by atoms with E-state index in [2.05, 4.69) is 45.5 Å². The summed E-state index contributed by atoms with van der Waals surface area (Å²) in [5, 5.41) is 5.21. The number of urea groups is 1. The lowest BCUT2D eigenvalue weighted by molar-refractivity contribution is 0.215. The minimum absolute atomic E-state index is 0.0318. The van der Waals surface area contributed by atoms with Gasteiger partial charge in [-0.3, -0.25) is 0 Å². The van der Waals surface area contributed by atoms with Gasteiger partial charge in [0.1, 0.15) is 0 Å². The number of carbonyl (C=O) groups excluding carboxylic acids is 1. The van der Waals surface area contributed by atoms with Crippen LogP contribution in [0.15, 0.2) is 40.9 Å². The number of rotatable bonds is 2. The van der Waals surface area contributed by atoms with E-state index in [1.807, 2.05) is 17.0 Å². The minimum atomic E-state index is 0.0318. The third kappa shape index (κ3) is 2.08. The van der Waals surface area contributed by atoms with Gasteiger partial charge in [0, 0.05) is 24.1 Å². The maximum Gasteiger partial charge on any atom is 0.317 e. The predicted molar refractivity (Wildman–Crippen MR) is 75.5 cm³/mol. The Balaban J connectivity index is 1.91. The van der Waals surface area contributed by atoms with E-state index >= 15 is 0 Å². The summed E-state index contributed by atoms with van der Waals surface area (Å²) >= 11 is 3.54. The molecule has 0 spiro atoms. The maximum atomic E-state index is 11.5. The lowest BCUT2D eigenvalue weighted by Crippen LogP contribution is -2.27. The summed E-state index contributed by atoms with van der Waals surface area (Å²) in [5.74, 6) is 0. The summed E-state index contributed by atoms with van der Waals surface area (Å²) in [5.41, 5.74) is 1.16. The number of hydrogen-bond acceptors (Lipinski definition) is 1. The zero-order chi connectivity index (χ0) is 12.5. The average Bonchev–Trinajstić information content (AvgIpc) is 2.75. The van der Waals surface area contributed by atoms with E-state index in [1.54, 1.807) is 0 Å². The van der Waals surface area contributed by atoms with Crippen molar-refractivity contribution in [1.29, 1.82) is 0 Å². The number of nitrogens with zero attached hydrogens (tertiary/aromatic N) is 1. The highest BCUT2D eigenvalue weighted by atomic mass is 79.9. The topological polar surface area (TPSA) is 32.3 Å². The molecule has 0 bridgehead atoms. The summed E-state index contributed by atoms with van der Waals surface area (Å²) in [7, 11) is 0. The Labute approximate surface area is 114 Å². The van der Waals surface area contributed by atoms with E-state index in [0.29, 0.717) is 6.54 Å². The van der Waals surface area contributed by atoms with Crippen molar-refractivity contribution in [2.45, 2.75) is 6.54 Å². The molecule has 0 aliphatic carbocycles. The second-order valence-corrected chi connectivity index (χ2v) is 5.30. The fourth-order valence-electron chi connectivity index (χ4n) is 2.27. The van der Waals surface area contributed by atoms with Crippen molar-refractivity contribution in [3.05, 3.63) is 46.4 Å². The summed E-state index contributed by atoms with van der Waals surface area (Å²) < 4.78 is 1.10. The molecule has 1 saturated heterocycles. The molecule has 1 aliphatic rings. The van der Waals surface area contributed by atoms with E-state index in [0.717, 1.165) is 23.1 Å². The van der Waals surface area contributed by atoms with Gasteiger partial charge in [0.15, 0.2) is 0 Å². The normalized spacial score (nSPS) is 15.2. The Kier molecular flexibility index (Phi) is 2.96. The molecule has 92 valence electrons. The maximum absolute atomic E-state index is 11.5. The molecule has 1 aliphatic heterocycles. The van der Waals surface area contributed by atoms with E-state index in [1.165, 1.54) is 10.8 Å². The number of amides is 2. The second-order valence-electron chi connectivity index (χ2n) is 4.45. The van der Waals surface area contributed by atoms with E-state index in [9.17, 15) is 4.79 Å². The van der Waals surface area contributed by atoms with Crippen LogP contribution in [0.25, 0.3) is 10.8 Å². The molecule has 18 heavy (non-hydrogen) atoms. The van der Waals surface area contributed by atoms with Crippen molar-refractivity contribution in [2.75, 3.05) is 13.1 Å². The van der Waals surface area contributed by atoms with Gasteiger partial charge in [-0.2, -0.15) is 0 Å². The van der Waals surface area contributed by atoms with E-state index in [-0.39, 0.29) is 6.03 Å². The highest BCUT2D eigenvalue weighted by Crippen LogP contribution is 2.25. The fraction of sp³-hybridized carbons (Fsp3) is 0.214. The molecule has 0 unspecified atom stereocenters. The molecule has 2 amide bonds. The smallest absolute Gasteiger partial charge is 0.317 e. The third-order valence-electron chi connectivity index (χ3n) is 3.21. The Morgan fingerprint density at radius 2 is 2.17 bits per heavy atom. The number of fused-ring (bicyclic) bond motifs is 1. The Bertz CT molecular complexity index is 612. The lowest BCUT2D eigenvalue weighted by atomic mass is 10.1. The summed E-state index contributed by atoms with van der Waals surface area (Å²) in [6, 6.07) is 12.5. The number of hydrogen-bond donors (Lipinski definition) is 1. The number of halogens is 1. The van der Waals surface area contributed by atoms with Gasteiger partial charge in [-0.25, -0.2) is 4.79 Å². The van der Waals surface area contributed by atoms with Gasteiger partial charge in [-0.15, -0.1) is 0 Å². The number of carbonyl (C=O) groups is 1. The Hall–Kier alpha value is -1.55. The molecule has 4 heteroatoms. The molecule has 0 saturated carbocycles. The number of nitrogens with one attached hydrogen (secondary N) is 1. The first kappa shape index (κ1) is 11.5. The van der Waals surface area contributed by atoms with Gasteiger partial charge in [0.2, 0.25) is 0 Å². The van der Waals surface area contributed by atoms with Crippen molar-refractivity contribution >= 4 is 32.7 Å². The average molecular weight is 305 g/mol. The monoisotopic (exact) mass is 304 g/mol. The molecular formula is C14H13BrN2O. The van der Waals surface area contributed by atoms with E-state index < -0.39 is 0 Å². The molecule has 1 N–H and O–H groups in total. The molecule has 2 aromatic rings. The quantitative estimate of drug-likeness (QED) is 0.908. The molecule has 0 radical (unpaired) electrons. The SMILES string of the molecule is O=C1NCCN1Cc1ccc2c(Br)cccc2c1. The largest absolute Gasteiger partial charge is 0.336 e. The molecule has 1 heterocycles. The zero-order valence-electron chi connectivity index (χ0n) is 9.82. The van der Waals surface area contributed by atoms with Crippen LogP contribution in [0, 0.1) is 0 Å². The Morgan fingerprint density at radius 3 is 2.94 bits per heavy atom. The van der Waals surface area contributed by atoms with Crippen LogP contribution in [0.4, 0.5) is 4.79 Å². The molecular weight excluding hydrogens is 292 g/mol. The summed E-state index contributed by atoms with van der Waals surface area (Å²) in [6.07, 6.45) is 0. The van der Waals surface area contributed by atoms with Gasteiger partial charge in [-0.1, -0.05) is 40.2 Å². The van der Waals surface area contributed by atoms with Crippen LogP contribution in [0.3, 0.4) is 0 Å². The van der Waals surface area contributed by atoms with Crippen LogP contribution in [-0.4, -0.2) is 24.0 Å². The summed E-state index contributed by atoms with van der Waals surface area (Å²) in [6.45, 7) is 2.21. The van der Waals surface area contributed by atoms with Crippen LogP contribution >= 0.6 is 15.9 Å². The molecule has 0 atom stereocenters. The Morgan fingerprint density at radius 1 is 1.28 bits per heavy atom. The highest BCUT2D eigenvalue weighted by molar-refractivity contribution is 9.10.